The Labute approximate surface area is 124 Å². The van der Waals surface area contributed by atoms with Crippen LogP contribution >= 0.6 is 0 Å². The topological polar surface area (TPSA) is 32.3 Å². The van der Waals surface area contributed by atoms with Crippen LogP contribution in [0, 0.1) is 11.3 Å². The molecule has 20 heavy (non-hydrogen) atoms. The number of hydrogen-bond donors (Lipinski definition) is 1. The number of hydrogen-bond acceptors (Lipinski definition) is 2. The fourth-order valence-electron chi connectivity index (χ4n) is 3.86. The third kappa shape index (κ3) is 3.55. The van der Waals surface area contributed by atoms with Crippen LogP contribution in [0.15, 0.2) is 0 Å². The number of nitrogens with zero attached hydrogens (tertiary/aromatic N) is 1. The maximum absolute atomic E-state index is 13.0. The van der Waals surface area contributed by atoms with Crippen LogP contribution in [-0.4, -0.2) is 36.0 Å². The normalized spacial score (nSPS) is 29.6. The van der Waals surface area contributed by atoms with Gasteiger partial charge in [-0.05, 0) is 51.5 Å². The van der Waals surface area contributed by atoms with Crippen molar-refractivity contribution in [3.05, 3.63) is 0 Å². The third-order valence-electron chi connectivity index (χ3n) is 5.29. The molecule has 1 heterocycles. The molecule has 1 N–H and O–H groups in total. The van der Waals surface area contributed by atoms with Crippen LogP contribution in [0.25, 0.3) is 0 Å². The summed E-state index contributed by atoms with van der Waals surface area (Å²) in [6.45, 7) is 10.9. The summed E-state index contributed by atoms with van der Waals surface area (Å²) in [5.41, 5.74) is 0.172. The van der Waals surface area contributed by atoms with Crippen molar-refractivity contribution >= 4 is 5.91 Å². The first kappa shape index (κ1) is 15.8. The molecular formula is C17H32N2O. The van der Waals surface area contributed by atoms with Gasteiger partial charge in [-0.2, -0.15) is 0 Å². The van der Waals surface area contributed by atoms with Gasteiger partial charge in [-0.25, -0.2) is 0 Å². The molecule has 2 aliphatic rings. The number of amides is 1. The lowest BCUT2D eigenvalue weighted by atomic mass is 9.68. The van der Waals surface area contributed by atoms with Gasteiger partial charge in [-0.1, -0.05) is 26.7 Å². The van der Waals surface area contributed by atoms with E-state index in [9.17, 15) is 4.79 Å². The van der Waals surface area contributed by atoms with E-state index in [1.54, 1.807) is 0 Å². The fourth-order valence-corrected chi connectivity index (χ4v) is 3.86. The molecule has 1 aliphatic heterocycles. The molecule has 0 spiro atoms. The highest BCUT2D eigenvalue weighted by Gasteiger charge is 2.40. The van der Waals surface area contributed by atoms with E-state index in [-0.39, 0.29) is 11.3 Å². The summed E-state index contributed by atoms with van der Waals surface area (Å²) in [5.74, 6) is 0.624. The van der Waals surface area contributed by atoms with E-state index in [2.05, 4.69) is 37.9 Å². The predicted molar refractivity (Wildman–Crippen MR) is 83.6 cm³/mol. The second kappa shape index (κ2) is 6.46. The zero-order chi connectivity index (χ0) is 14.8. The van der Waals surface area contributed by atoms with Crippen LogP contribution in [-0.2, 0) is 4.79 Å². The van der Waals surface area contributed by atoms with Crippen molar-refractivity contribution in [2.45, 2.75) is 78.3 Å². The lowest BCUT2D eigenvalue weighted by molar-refractivity contribution is -0.143. The maximum Gasteiger partial charge on any atom is 0.226 e. The molecule has 0 radical (unpaired) electrons. The Morgan fingerprint density at radius 2 is 2.00 bits per heavy atom. The van der Waals surface area contributed by atoms with E-state index >= 15 is 0 Å². The number of nitrogens with one attached hydrogen (secondary N) is 1. The molecule has 116 valence electrons. The summed E-state index contributed by atoms with van der Waals surface area (Å²) in [7, 11) is 0. The Morgan fingerprint density at radius 1 is 1.25 bits per heavy atom. The summed E-state index contributed by atoms with van der Waals surface area (Å²) in [4.78, 5) is 15.2. The molecule has 2 rings (SSSR count). The van der Waals surface area contributed by atoms with Crippen molar-refractivity contribution in [2.24, 2.45) is 11.3 Å². The highest BCUT2D eigenvalue weighted by atomic mass is 16.2. The largest absolute Gasteiger partial charge is 0.338 e. The Hall–Kier alpha value is -0.570. The molecule has 2 atom stereocenters. The Morgan fingerprint density at radius 3 is 2.55 bits per heavy atom. The summed E-state index contributed by atoms with van der Waals surface area (Å²) in [6, 6.07) is 0.815. The van der Waals surface area contributed by atoms with Crippen LogP contribution in [0.1, 0.15) is 66.2 Å². The van der Waals surface area contributed by atoms with Gasteiger partial charge in [0.2, 0.25) is 5.91 Å². The smallest absolute Gasteiger partial charge is 0.226 e. The quantitative estimate of drug-likeness (QED) is 0.857. The number of rotatable bonds is 4. The van der Waals surface area contributed by atoms with E-state index in [0.717, 1.165) is 19.5 Å². The van der Waals surface area contributed by atoms with E-state index in [1.165, 1.54) is 32.1 Å². The van der Waals surface area contributed by atoms with Crippen LogP contribution in [0.5, 0.6) is 0 Å². The second-order valence-corrected chi connectivity index (χ2v) is 7.66. The van der Waals surface area contributed by atoms with E-state index in [1.807, 2.05) is 0 Å². The summed E-state index contributed by atoms with van der Waals surface area (Å²) in [5, 5.41) is 3.53. The SMILES string of the molecule is CC(C)N(CC1CCCN1)C(=O)C1CCCCC1(C)C. The van der Waals surface area contributed by atoms with E-state index in [0.29, 0.717) is 18.0 Å². The standard InChI is InChI=1S/C17H32N2O/c1-13(2)19(12-14-8-7-11-18-14)16(20)15-9-5-6-10-17(15,3)4/h13-15,18H,5-12H2,1-4H3. The average molecular weight is 280 g/mol. The van der Waals surface area contributed by atoms with Gasteiger partial charge in [0, 0.05) is 24.5 Å². The molecule has 1 amide bonds. The molecule has 3 nitrogen and oxygen atoms in total. The Kier molecular flexibility index (Phi) is 5.11. The second-order valence-electron chi connectivity index (χ2n) is 7.66. The molecule has 1 saturated heterocycles. The Balaban J connectivity index is 2.05. The minimum absolute atomic E-state index is 0.172. The van der Waals surface area contributed by atoms with Crippen LogP contribution in [0.2, 0.25) is 0 Å². The first-order valence-electron chi connectivity index (χ1n) is 8.45. The van der Waals surface area contributed by atoms with Crippen molar-refractivity contribution in [2.75, 3.05) is 13.1 Å². The Bertz CT molecular complexity index is 332. The first-order valence-corrected chi connectivity index (χ1v) is 8.45. The summed E-state index contributed by atoms with van der Waals surface area (Å²) in [6.07, 6.45) is 7.23. The van der Waals surface area contributed by atoms with Gasteiger partial charge < -0.3 is 10.2 Å². The average Bonchev–Trinajstić information content (AvgIpc) is 2.87. The first-order chi connectivity index (χ1) is 9.42. The number of carbonyl (C=O) groups excluding carboxylic acids is 1. The van der Waals surface area contributed by atoms with E-state index < -0.39 is 0 Å². The predicted octanol–water partition coefficient (Wildman–Crippen LogP) is 3.19. The molecular weight excluding hydrogens is 248 g/mol. The van der Waals surface area contributed by atoms with Crippen molar-refractivity contribution in [3.8, 4) is 0 Å². The van der Waals surface area contributed by atoms with Crippen LogP contribution < -0.4 is 5.32 Å². The highest BCUT2D eigenvalue weighted by molar-refractivity contribution is 5.80. The fraction of sp³-hybridized carbons (Fsp3) is 0.941. The van der Waals surface area contributed by atoms with Gasteiger partial charge >= 0.3 is 0 Å². The monoisotopic (exact) mass is 280 g/mol. The third-order valence-corrected chi connectivity index (χ3v) is 5.29. The summed E-state index contributed by atoms with van der Waals surface area (Å²) >= 11 is 0. The van der Waals surface area contributed by atoms with Crippen molar-refractivity contribution in [1.82, 2.24) is 10.2 Å². The van der Waals surface area contributed by atoms with Crippen LogP contribution in [0.4, 0.5) is 0 Å². The summed E-state index contributed by atoms with van der Waals surface area (Å²) < 4.78 is 0. The van der Waals surface area contributed by atoms with Gasteiger partial charge in [0.15, 0.2) is 0 Å². The van der Waals surface area contributed by atoms with Crippen molar-refractivity contribution in [3.63, 3.8) is 0 Å². The molecule has 0 aromatic heterocycles. The van der Waals surface area contributed by atoms with Crippen molar-refractivity contribution < 1.29 is 4.79 Å². The molecule has 0 bridgehead atoms. The van der Waals surface area contributed by atoms with Gasteiger partial charge in [-0.3, -0.25) is 4.79 Å². The molecule has 2 unspecified atom stereocenters. The van der Waals surface area contributed by atoms with E-state index in [4.69, 9.17) is 0 Å². The molecule has 3 heteroatoms. The molecule has 0 aromatic carbocycles. The van der Waals surface area contributed by atoms with Crippen LogP contribution in [0.3, 0.4) is 0 Å². The molecule has 0 aromatic rings. The van der Waals surface area contributed by atoms with Gasteiger partial charge in [0.25, 0.3) is 0 Å². The molecule has 1 saturated carbocycles. The molecule has 1 aliphatic carbocycles. The zero-order valence-corrected chi connectivity index (χ0v) is 13.7. The van der Waals surface area contributed by atoms with Crippen molar-refractivity contribution in [1.29, 1.82) is 0 Å². The van der Waals surface area contributed by atoms with Gasteiger partial charge in [-0.15, -0.1) is 0 Å². The minimum Gasteiger partial charge on any atom is -0.338 e. The highest BCUT2D eigenvalue weighted by Crippen LogP contribution is 2.41. The molecule has 2 fully saturated rings. The van der Waals surface area contributed by atoms with Gasteiger partial charge in [0.1, 0.15) is 0 Å². The minimum atomic E-state index is 0.172. The number of carbonyl (C=O) groups is 1. The maximum atomic E-state index is 13.0. The van der Waals surface area contributed by atoms with Gasteiger partial charge in [0.05, 0.1) is 0 Å². The lowest BCUT2D eigenvalue weighted by Gasteiger charge is -2.42. The zero-order valence-electron chi connectivity index (χ0n) is 13.7. The lowest BCUT2D eigenvalue weighted by Crippen LogP contribution is -2.50.